The van der Waals surface area contributed by atoms with Crippen molar-refractivity contribution < 1.29 is 9.53 Å². The predicted molar refractivity (Wildman–Crippen MR) is 51.4 cm³/mol. The summed E-state index contributed by atoms with van der Waals surface area (Å²) in [5, 5.41) is 0. The van der Waals surface area contributed by atoms with Crippen molar-refractivity contribution in [2.75, 3.05) is 0 Å². The summed E-state index contributed by atoms with van der Waals surface area (Å²) in [4.78, 5) is 9.95. The van der Waals surface area contributed by atoms with E-state index in [1.54, 1.807) is 6.07 Å². The van der Waals surface area contributed by atoms with Gasteiger partial charge in [0.1, 0.15) is 5.75 Å². The maximum Gasteiger partial charge on any atom is 0.423 e. The Bertz CT molecular complexity index is 269. The monoisotopic (exact) mass is 177 g/mol. The summed E-state index contributed by atoms with van der Waals surface area (Å²) in [5.41, 5.74) is 1.20. The van der Waals surface area contributed by atoms with E-state index in [0.717, 1.165) is 12.8 Å². The minimum atomic E-state index is 0.573. The van der Waals surface area contributed by atoms with Gasteiger partial charge in [0.05, 0.1) is 0 Å². The van der Waals surface area contributed by atoms with Crippen molar-refractivity contribution >= 4 is 6.47 Å². The Kier molecular flexibility index (Phi) is 4.03. The Morgan fingerprint density at radius 1 is 1.46 bits per heavy atom. The van der Waals surface area contributed by atoms with Gasteiger partial charge in [-0.1, -0.05) is 25.5 Å². The van der Waals surface area contributed by atoms with Crippen molar-refractivity contribution in [3.63, 3.8) is 0 Å². The van der Waals surface area contributed by atoms with E-state index in [1.165, 1.54) is 18.5 Å². The fourth-order valence-corrected chi connectivity index (χ4v) is 1.19. The average molecular weight is 177 g/mol. The Hall–Kier alpha value is -1.31. The highest BCUT2D eigenvalue weighted by atomic mass is 16.5. The summed E-state index contributed by atoms with van der Waals surface area (Å²) in [5.74, 6) is 0.573. The van der Waals surface area contributed by atoms with Crippen molar-refractivity contribution in [1.29, 1.82) is 0 Å². The molecular formula is C11H13O2. The van der Waals surface area contributed by atoms with Crippen molar-refractivity contribution in [1.82, 2.24) is 0 Å². The van der Waals surface area contributed by atoms with Gasteiger partial charge in [-0.05, 0) is 30.5 Å². The summed E-state index contributed by atoms with van der Waals surface area (Å²) < 4.78 is 4.62. The zero-order valence-electron chi connectivity index (χ0n) is 7.75. The lowest BCUT2D eigenvalue weighted by Crippen LogP contribution is -1.90. The van der Waals surface area contributed by atoms with Gasteiger partial charge in [0.2, 0.25) is 0 Å². The van der Waals surface area contributed by atoms with Crippen LogP contribution in [0.2, 0.25) is 0 Å². The van der Waals surface area contributed by atoms with Crippen LogP contribution in [0.5, 0.6) is 5.75 Å². The van der Waals surface area contributed by atoms with Crippen LogP contribution in [0.4, 0.5) is 0 Å². The second-order valence-electron chi connectivity index (χ2n) is 2.94. The molecule has 1 aromatic carbocycles. The molecule has 0 aliphatic rings. The van der Waals surface area contributed by atoms with Crippen LogP contribution < -0.4 is 4.74 Å². The molecule has 0 aliphatic carbocycles. The summed E-state index contributed by atoms with van der Waals surface area (Å²) in [6.07, 6.45) is 3.37. The quantitative estimate of drug-likeness (QED) is 0.690. The van der Waals surface area contributed by atoms with Gasteiger partial charge in [-0.15, -0.1) is 0 Å². The molecule has 0 spiro atoms. The van der Waals surface area contributed by atoms with E-state index in [4.69, 9.17) is 0 Å². The van der Waals surface area contributed by atoms with E-state index in [0.29, 0.717) is 5.75 Å². The molecule has 0 unspecified atom stereocenters. The Morgan fingerprint density at radius 3 is 3.00 bits per heavy atom. The third-order valence-corrected chi connectivity index (χ3v) is 1.88. The van der Waals surface area contributed by atoms with E-state index in [1.807, 2.05) is 18.2 Å². The smallest absolute Gasteiger partial charge is 0.418 e. The van der Waals surface area contributed by atoms with Gasteiger partial charge in [0.15, 0.2) is 0 Å². The first-order chi connectivity index (χ1) is 6.36. The number of ether oxygens (including phenoxy) is 1. The maximum absolute atomic E-state index is 9.95. The fraction of sp³-hybridized carbons (Fsp3) is 0.364. The van der Waals surface area contributed by atoms with Gasteiger partial charge in [-0.3, -0.25) is 0 Å². The molecule has 69 valence electrons. The average Bonchev–Trinajstić information content (AvgIpc) is 2.16. The van der Waals surface area contributed by atoms with Crippen LogP contribution in [0.25, 0.3) is 0 Å². The third kappa shape index (κ3) is 3.28. The number of unbranched alkanes of at least 4 members (excludes halogenated alkanes) is 1. The lowest BCUT2D eigenvalue weighted by molar-refractivity contribution is 0.442. The highest BCUT2D eigenvalue weighted by molar-refractivity contribution is 5.46. The molecule has 1 aromatic rings. The van der Waals surface area contributed by atoms with Gasteiger partial charge in [0, 0.05) is 0 Å². The zero-order chi connectivity index (χ0) is 9.52. The lowest BCUT2D eigenvalue weighted by atomic mass is 10.1. The SMILES string of the molecule is CCCCc1cccc(O[C]=O)c1. The summed E-state index contributed by atoms with van der Waals surface area (Å²) >= 11 is 0. The second-order valence-corrected chi connectivity index (χ2v) is 2.94. The van der Waals surface area contributed by atoms with E-state index in [9.17, 15) is 4.79 Å². The molecule has 0 heterocycles. The van der Waals surface area contributed by atoms with Crippen molar-refractivity contribution in [3.05, 3.63) is 29.8 Å². The Labute approximate surface area is 78.5 Å². The highest BCUT2D eigenvalue weighted by Gasteiger charge is 1.96. The minimum absolute atomic E-state index is 0.573. The molecule has 1 radical (unpaired) electrons. The van der Waals surface area contributed by atoms with Gasteiger partial charge < -0.3 is 4.74 Å². The molecule has 0 bridgehead atoms. The number of carbonyl (C=O) groups excluding carboxylic acids is 1. The number of aryl methyl sites for hydroxylation is 1. The predicted octanol–water partition coefficient (Wildman–Crippen LogP) is 2.48. The molecule has 0 aliphatic heterocycles. The van der Waals surface area contributed by atoms with Gasteiger partial charge in [-0.2, -0.15) is 0 Å². The van der Waals surface area contributed by atoms with E-state index < -0.39 is 0 Å². The maximum atomic E-state index is 9.95. The van der Waals surface area contributed by atoms with Crippen molar-refractivity contribution in [2.24, 2.45) is 0 Å². The summed E-state index contributed by atoms with van der Waals surface area (Å²) in [6.45, 7) is 3.57. The molecule has 0 fully saturated rings. The molecule has 0 saturated carbocycles. The minimum Gasteiger partial charge on any atom is -0.418 e. The van der Waals surface area contributed by atoms with Crippen molar-refractivity contribution in [2.45, 2.75) is 26.2 Å². The van der Waals surface area contributed by atoms with Crippen LogP contribution in [0.1, 0.15) is 25.3 Å². The molecule has 13 heavy (non-hydrogen) atoms. The topological polar surface area (TPSA) is 26.3 Å². The number of hydrogen-bond acceptors (Lipinski definition) is 2. The Morgan fingerprint density at radius 2 is 2.31 bits per heavy atom. The first-order valence-corrected chi connectivity index (χ1v) is 4.49. The first kappa shape index (κ1) is 9.78. The largest absolute Gasteiger partial charge is 0.423 e. The van der Waals surface area contributed by atoms with Gasteiger partial charge in [0.25, 0.3) is 0 Å². The highest BCUT2D eigenvalue weighted by Crippen LogP contribution is 2.14. The van der Waals surface area contributed by atoms with Crippen LogP contribution in [-0.2, 0) is 11.2 Å². The van der Waals surface area contributed by atoms with E-state index in [2.05, 4.69) is 11.7 Å². The molecular weight excluding hydrogens is 164 g/mol. The molecule has 0 amide bonds. The third-order valence-electron chi connectivity index (χ3n) is 1.88. The van der Waals surface area contributed by atoms with Crippen LogP contribution in [0.15, 0.2) is 24.3 Å². The summed E-state index contributed by atoms with van der Waals surface area (Å²) in [6, 6.07) is 7.55. The van der Waals surface area contributed by atoms with E-state index >= 15 is 0 Å². The standard InChI is InChI=1S/C11H13O2/c1-2-3-5-10-6-4-7-11(8-10)13-9-12/h4,6-8H,2-3,5H2,1H3. The van der Waals surface area contributed by atoms with Crippen LogP contribution in [0, 0.1) is 0 Å². The van der Waals surface area contributed by atoms with E-state index in [-0.39, 0.29) is 0 Å². The molecule has 0 aromatic heterocycles. The van der Waals surface area contributed by atoms with Crippen LogP contribution >= 0.6 is 0 Å². The molecule has 0 saturated heterocycles. The van der Waals surface area contributed by atoms with Crippen molar-refractivity contribution in [3.8, 4) is 5.75 Å². The first-order valence-electron chi connectivity index (χ1n) is 4.49. The summed E-state index contributed by atoms with van der Waals surface area (Å²) in [7, 11) is 0. The number of hydrogen-bond donors (Lipinski definition) is 0. The molecule has 2 heteroatoms. The molecule has 0 N–H and O–H groups in total. The lowest BCUT2D eigenvalue weighted by Gasteiger charge is -2.01. The normalized spacial score (nSPS) is 9.62. The second kappa shape index (κ2) is 5.36. The fourth-order valence-electron chi connectivity index (χ4n) is 1.19. The molecule has 1 rings (SSSR count). The van der Waals surface area contributed by atoms with Crippen LogP contribution in [-0.4, -0.2) is 6.47 Å². The number of rotatable bonds is 5. The number of benzene rings is 1. The Balaban J connectivity index is 2.61. The van der Waals surface area contributed by atoms with Crippen LogP contribution in [0.3, 0.4) is 0 Å². The van der Waals surface area contributed by atoms with Gasteiger partial charge >= 0.3 is 6.47 Å². The van der Waals surface area contributed by atoms with Gasteiger partial charge in [-0.25, -0.2) is 4.79 Å². The molecule has 2 nitrogen and oxygen atoms in total. The zero-order valence-corrected chi connectivity index (χ0v) is 7.75. The molecule has 0 atom stereocenters.